The number of rotatable bonds is 7. The van der Waals surface area contributed by atoms with Crippen molar-refractivity contribution in [3.8, 4) is 5.75 Å². The second kappa shape index (κ2) is 5.75. The van der Waals surface area contributed by atoms with Gasteiger partial charge >= 0.3 is 0 Å². The minimum absolute atomic E-state index is 0.385. The highest BCUT2D eigenvalue weighted by Gasteiger charge is 2.53. The lowest BCUT2D eigenvalue weighted by Gasteiger charge is -2.19. The van der Waals surface area contributed by atoms with Gasteiger partial charge in [-0.05, 0) is 43.0 Å². The average Bonchev–Trinajstić information content (AvgIpc) is 3.14. The first-order valence-corrected chi connectivity index (χ1v) is 7.12. The Balaban J connectivity index is 2.09. The molecule has 0 radical (unpaired) electrons. The zero-order chi connectivity index (χ0) is 13.0. The van der Waals surface area contributed by atoms with E-state index >= 15 is 0 Å². The summed E-state index contributed by atoms with van der Waals surface area (Å²) >= 11 is 0. The Labute approximate surface area is 111 Å². The van der Waals surface area contributed by atoms with Gasteiger partial charge in [0.15, 0.2) is 0 Å². The Morgan fingerprint density at radius 1 is 1.28 bits per heavy atom. The highest BCUT2D eigenvalue weighted by Crippen LogP contribution is 2.55. The highest BCUT2D eigenvalue weighted by molar-refractivity contribution is 5.38. The highest BCUT2D eigenvalue weighted by atomic mass is 16.5. The fourth-order valence-electron chi connectivity index (χ4n) is 3.00. The summed E-state index contributed by atoms with van der Waals surface area (Å²) in [6.45, 7) is 6.76. The third-order valence-corrected chi connectivity index (χ3v) is 4.26. The van der Waals surface area contributed by atoms with Crippen molar-refractivity contribution in [3.05, 3.63) is 29.8 Å². The summed E-state index contributed by atoms with van der Waals surface area (Å²) in [5.74, 6) is 1.79. The van der Waals surface area contributed by atoms with Crippen LogP contribution < -0.4 is 10.1 Å². The van der Waals surface area contributed by atoms with Gasteiger partial charge in [0, 0.05) is 12.0 Å². The number of ether oxygens (including phenoxy) is 1. The van der Waals surface area contributed by atoms with E-state index in [0.29, 0.717) is 5.41 Å². The molecule has 1 aliphatic carbocycles. The predicted octanol–water partition coefficient (Wildman–Crippen LogP) is 3.36. The summed E-state index contributed by atoms with van der Waals surface area (Å²) in [7, 11) is 1.72. The second-order valence-electron chi connectivity index (χ2n) is 5.37. The maximum Gasteiger partial charge on any atom is 0.118 e. The van der Waals surface area contributed by atoms with Gasteiger partial charge in [-0.1, -0.05) is 32.4 Å². The lowest BCUT2D eigenvalue weighted by molar-refractivity contribution is 0.414. The minimum atomic E-state index is 0.385. The Hall–Kier alpha value is -1.02. The molecule has 100 valence electrons. The SMILES string of the molecule is CCCNCC1(c2ccc(OC)cc2)CC1CC. The van der Waals surface area contributed by atoms with Crippen LogP contribution in [0.3, 0.4) is 0 Å². The molecule has 2 rings (SSSR count). The van der Waals surface area contributed by atoms with E-state index in [1.165, 1.54) is 24.8 Å². The van der Waals surface area contributed by atoms with Gasteiger partial charge in [-0.3, -0.25) is 0 Å². The molecule has 1 N–H and O–H groups in total. The number of hydrogen-bond acceptors (Lipinski definition) is 2. The van der Waals surface area contributed by atoms with Gasteiger partial charge in [-0.2, -0.15) is 0 Å². The monoisotopic (exact) mass is 247 g/mol. The molecule has 1 aromatic carbocycles. The van der Waals surface area contributed by atoms with Crippen LogP contribution in [0.4, 0.5) is 0 Å². The molecular formula is C16H25NO. The fraction of sp³-hybridized carbons (Fsp3) is 0.625. The summed E-state index contributed by atoms with van der Waals surface area (Å²) in [5.41, 5.74) is 1.86. The molecular weight excluding hydrogens is 222 g/mol. The van der Waals surface area contributed by atoms with E-state index in [1.54, 1.807) is 7.11 Å². The third-order valence-electron chi connectivity index (χ3n) is 4.26. The average molecular weight is 247 g/mol. The van der Waals surface area contributed by atoms with Crippen LogP contribution in [-0.2, 0) is 5.41 Å². The van der Waals surface area contributed by atoms with Crippen LogP contribution in [0, 0.1) is 5.92 Å². The molecule has 0 spiro atoms. The Morgan fingerprint density at radius 2 is 2.00 bits per heavy atom. The van der Waals surface area contributed by atoms with Gasteiger partial charge < -0.3 is 10.1 Å². The van der Waals surface area contributed by atoms with E-state index in [-0.39, 0.29) is 0 Å². The van der Waals surface area contributed by atoms with Crippen LogP contribution in [0.2, 0.25) is 0 Å². The Morgan fingerprint density at radius 3 is 2.50 bits per heavy atom. The number of hydrogen-bond donors (Lipinski definition) is 1. The van der Waals surface area contributed by atoms with Gasteiger partial charge in [0.1, 0.15) is 5.75 Å². The fourth-order valence-corrected chi connectivity index (χ4v) is 3.00. The van der Waals surface area contributed by atoms with Crippen molar-refractivity contribution in [2.45, 2.75) is 38.5 Å². The molecule has 0 aliphatic heterocycles. The first-order chi connectivity index (χ1) is 8.76. The van der Waals surface area contributed by atoms with E-state index in [9.17, 15) is 0 Å². The van der Waals surface area contributed by atoms with E-state index in [4.69, 9.17) is 4.74 Å². The molecule has 1 aromatic rings. The lowest BCUT2D eigenvalue weighted by atomic mass is 9.92. The molecule has 2 atom stereocenters. The molecule has 1 aliphatic rings. The Kier molecular flexibility index (Phi) is 4.28. The maximum atomic E-state index is 5.24. The maximum absolute atomic E-state index is 5.24. The molecule has 1 saturated carbocycles. The molecule has 1 fully saturated rings. The van der Waals surface area contributed by atoms with Crippen molar-refractivity contribution >= 4 is 0 Å². The van der Waals surface area contributed by atoms with E-state index in [2.05, 4.69) is 43.4 Å². The molecule has 2 unspecified atom stereocenters. The summed E-state index contributed by atoms with van der Waals surface area (Å²) < 4.78 is 5.24. The van der Waals surface area contributed by atoms with E-state index in [0.717, 1.165) is 24.8 Å². The molecule has 0 aromatic heterocycles. The van der Waals surface area contributed by atoms with Crippen molar-refractivity contribution in [2.24, 2.45) is 5.92 Å². The number of benzene rings is 1. The van der Waals surface area contributed by atoms with Crippen molar-refractivity contribution < 1.29 is 4.74 Å². The first-order valence-electron chi connectivity index (χ1n) is 7.12. The van der Waals surface area contributed by atoms with E-state index in [1.807, 2.05) is 0 Å². The van der Waals surface area contributed by atoms with Crippen LogP contribution in [-0.4, -0.2) is 20.2 Å². The second-order valence-corrected chi connectivity index (χ2v) is 5.37. The molecule has 18 heavy (non-hydrogen) atoms. The van der Waals surface area contributed by atoms with Crippen LogP contribution in [0.1, 0.15) is 38.7 Å². The van der Waals surface area contributed by atoms with Gasteiger partial charge in [-0.15, -0.1) is 0 Å². The summed E-state index contributed by atoms with van der Waals surface area (Å²) in [6.07, 6.45) is 3.81. The molecule has 2 heteroatoms. The van der Waals surface area contributed by atoms with Crippen molar-refractivity contribution in [1.82, 2.24) is 5.32 Å². The molecule has 0 saturated heterocycles. The van der Waals surface area contributed by atoms with Crippen LogP contribution in [0.5, 0.6) is 5.75 Å². The van der Waals surface area contributed by atoms with Gasteiger partial charge in [-0.25, -0.2) is 0 Å². The predicted molar refractivity (Wildman–Crippen MR) is 76.2 cm³/mol. The van der Waals surface area contributed by atoms with Crippen molar-refractivity contribution in [2.75, 3.05) is 20.2 Å². The van der Waals surface area contributed by atoms with E-state index < -0.39 is 0 Å². The normalized spacial score (nSPS) is 26.1. The summed E-state index contributed by atoms with van der Waals surface area (Å²) in [5, 5.41) is 3.60. The lowest BCUT2D eigenvalue weighted by Crippen LogP contribution is -2.29. The Bertz CT molecular complexity index is 373. The topological polar surface area (TPSA) is 21.3 Å². The van der Waals surface area contributed by atoms with Crippen molar-refractivity contribution in [3.63, 3.8) is 0 Å². The minimum Gasteiger partial charge on any atom is -0.497 e. The summed E-state index contributed by atoms with van der Waals surface area (Å²) in [6, 6.07) is 8.65. The summed E-state index contributed by atoms with van der Waals surface area (Å²) in [4.78, 5) is 0. The van der Waals surface area contributed by atoms with Gasteiger partial charge in [0.25, 0.3) is 0 Å². The number of nitrogens with one attached hydrogen (secondary N) is 1. The standard InChI is InChI=1S/C16H25NO/c1-4-10-17-12-16(11-13(16)5-2)14-6-8-15(18-3)9-7-14/h6-9,13,17H,4-5,10-12H2,1-3H3. The molecule has 0 bridgehead atoms. The van der Waals surface area contributed by atoms with Crippen LogP contribution >= 0.6 is 0 Å². The quantitative estimate of drug-likeness (QED) is 0.746. The molecule has 0 heterocycles. The zero-order valence-corrected chi connectivity index (χ0v) is 11.8. The molecule has 0 amide bonds. The number of methoxy groups -OCH3 is 1. The smallest absolute Gasteiger partial charge is 0.118 e. The largest absolute Gasteiger partial charge is 0.497 e. The third kappa shape index (κ3) is 2.54. The molecule has 2 nitrogen and oxygen atoms in total. The van der Waals surface area contributed by atoms with Crippen LogP contribution in [0.25, 0.3) is 0 Å². The zero-order valence-electron chi connectivity index (χ0n) is 11.8. The van der Waals surface area contributed by atoms with Crippen molar-refractivity contribution in [1.29, 1.82) is 0 Å². The van der Waals surface area contributed by atoms with Gasteiger partial charge in [0.2, 0.25) is 0 Å². The van der Waals surface area contributed by atoms with Gasteiger partial charge in [0.05, 0.1) is 7.11 Å². The first kappa shape index (κ1) is 13.4. The van der Waals surface area contributed by atoms with Crippen LogP contribution in [0.15, 0.2) is 24.3 Å².